The zero-order valence-corrected chi connectivity index (χ0v) is 11.0. The number of ether oxygens (including phenoxy) is 1. The molecule has 0 bridgehead atoms. The Morgan fingerprint density at radius 3 is 2.55 bits per heavy atom. The quantitative estimate of drug-likeness (QED) is 0.665. The number of nitrogens with two attached hydrogens (primary N) is 1. The highest BCUT2D eigenvalue weighted by Gasteiger charge is 2.15. The highest BCUT2D eigenvalue weighted by atomic mass is 19.3. The summed E-state index contributed by atoms with van der Waals surface area (Å²) < 4.78 is 29.3. The van der Waals surface area contributed by atoms with Gasteiger partial charge in [-0.15, -0.1) is 0 Å². The van der Waals surface area contributed by atoms with Gasteiger partial charge in [-0.1, -0.05) is 12.1 Å². The summed E-state index contributed by atoms with van der Waals surface area (Å²) in [5, 5.41) is 0. The van der Waals surface area contributed by atoms with Gasteiger partial charge in [0, 0.05) is 11.3 Å². The number of halogens is 2. The van der Waals surface area contributed by atoms with E-state index < -0.39 is 6.61 Å². The van der Waals surface area contributed by atoms with Crippen LogP contribution in [0.1, 0.15) is 11.3 Å². The molecule has 1 aromatic heterocycles. The molecule has 1 heterocycles. The van der Waals surface area contributed by atoms with Crippen LogP contribution in [0.5, 0.6) is 5.75 Å². The summed E-state index contributed by atoms with van der Waals surface area (Å²) in [6.07, 6.45) is 0. The standard InChI is InChI=1S/C13H14F2N4O/c1-7-8(2)17-12(18-11(7)19-16)9-5-3-4-6-10(9)20-13(14)15/h3-6,13H,16H2,1-2H3,(H,17,18,19). The van der Waals surface area contributed by atoms with Gasteiger partial charge in [-0.2, -0.15) is 8.78 Å². The fourth-order valence-electron chi connectivity index (χ4n) is 1.74. The van der Waals surface area contributed by atoms with Crippen molar-refractivity contribution in [1.29, 1.82) is 0 Å². The van der Waals surface area contributed by atoms with Crippen molar-refractivity contribution in [2.45, 2.75) is 20.5 Å². The molecule has 1 aromatic carbocycles. The van der Waals surface area contributed by atoms with Gasteiger partial charge in [0.1, 0.15) is 11.6 Å². The van der Waals surface area contributed by atoms with Crippen LogP contribution in [0.4, 0.5) is 14.6 Å². The molecule has 0 saturated heterocycles. The van der Waals surface area contributed by atoms with Crippen LogP contribution in [0, 0.1) is 13.8 Å². The van der Waals surface area contributed by atoms with Crippen molar-refractivity contribution in [3.8, 4) is 17.1 Å². The molecule has 0 saturated carbocycles. The lowest BCUT2D eigenvalue weighted by atomic mass is 10.1. The van der Waals surface area contributed by atoms with Crippen molar-refractivity contribution >= 4 is 5.82 Å². The number of aryl methyl sites for hydroxylation is 1. The van der Waals surface area contributed by atoms with E-state index in [1.807, 2.05) is 6.92 Å². The number of hydrazine groups is 1. The van der Waals surface area contributed by atoms with Crippen LogP contribution in [-0.4, -0.2) is 16.6 Å². The molecule has 0 atom stereocenters. The first-order chi connectivity index (χ1) is 9.52. The van der Waals surface area contributed by atoms with Crippen LogP contribution in [0.15, 0.2) is 24.3 Å². The average molecular weight is 280 g/mol. The van der Waals surface area contributed by atoms with E-state index in [1.54, 1.807) is 25.1 Å². The van der Waals surface area contributed by atoms with Crippen LogP contribution in [0.3, 0.4) is 0 Å². The minimum Gasteiger partial charge on any atom is -0.434 e. The highest BCUT2D eigenvalue weighted by Crippen LogP contribution is 2.30. The third kappa shape index (κ3) is 2.83. The van der Waals surface area contributed by atoms with E-state index in [1.165, 1.54) is 6.07 Å². The zero-order valence-electron chi connectivity index (χ0n) is 11.0. The van der Waals surface area contributed by atoms with E-state index in [0.717, 1.165) is 5.56 Å². The molecule has 0 aliphatic rings. The Morgan fingerprint density at radius 2 is 1.90 bits per heavy atom. The first-order valence-corrected chi connectivity index (χ1v) is 5.89. The number of benzene rings is 1. The lowest BCUT2D eigenvalue weighted by molar-refractivity contribution is -0.0494. The van der Waals surface area contributed by atoms with E-state index in [9.17, 15) is 8.78 Å². The maximum Gasteiger partial charge on any atom is 0.387 e. The Morgan fingerprint density at radius 1 is 1.20 bits per heavy atom. The molecule has 0 aliphatic heterocycles. The molecule has 0 spiro atoms. The van der Waals surface area contributed by atoms with Crippen LogP contribution >= 0.6 is 0 Å². The van der Waals surface area contributed by atoms with E-state index in [2.05, 4.69) is 20.1 Å². The number of nitrogens with one attached hydrogen (secondary N) is 1. The molecule has 2 aromatic rings. The van der Waals surface area contributed by atoms with Gasteiger partial charge < -0.3 is 10.2 Å². The lowest BCUT2D eigenvalue weighted by Gasteiger charge is -2.12. The van der Waals surface area contributed by atoms with Gasteiger partial charge in [0.2, 0.25) is 0 Å². The van der Waals surface area contributed by atoms with Crippen LogP contribution in [0.2, 0.25) is 0 Å². The largest absolute Gasteiger partial charge is 0.434 e. The molecule has 0 fully saturated rings. The number of hydrogen-bond acceptors (Lipinski definition) is 5. The van der Waals surface area contributed by atoms with Crippen molar-refractivity contribution in [1.82, 2.24) is 9.97 Å². The molecule has 0 radical (unpaired) electrons. The van der Waals surface area contributed by atoms with Crippen molar-refractivity contribution in [2.24, 2.45) is 5.84 Å². The van der Waals surface area contributed by atoms with E-state index in [0.29, 0.717) is 17.1 Å². The third-order valence-corrected chi connectivity index (χ3v) is 2.87. The second-order valence-corrected chi connectivity index (χ2v) is 4.13. The SMILES string of the molecule is Cc1nc(-c2ccccc2OC(F)F)nc(NN)c1C. The second kappa shape index (κ2) is 5.79. The molecule has 106 valence electrons. The number of hydrogen-bond donors (Lipinski definition) is 2. The van der Waals surface area contributed by atoms with Gasteiger partial charge in [-0.25, -0.2) is 15.8 Å². The van der Waals surface area contributed by atoms with E-state index >= 15 is 0 Å². The Bertz CT molecular complexity index is 619. The number of para-hydroxylation sites is 1. The number of aromatic nitrogens is 2. The molecule has 3 N–H and O–H groups in total. The second-order valence-electron chi connectivity index (χ2n) is 4.13. The monoisotopic (exact) mass is 280 g/mol. The number of alkyl halides is 2. The lowest BCUT2D eigenvalue weighted by Crippen LogP contribution is -2.12. The molecule has 5 nitrogen and oxygen atoms in total. The Labute approximate surface area is 114 Å². The number of nitrogens with zero attached hydrogens (tertiary/aromatic N) is 2. The van der Waals surface area contributed by atoms with Gasteiger partial charge in [0.05, 0.1) is 5.56 Å². The molecule has 7 heteroatoms. The van der Waals surface area contributed by atoms with Crippen LogP contribution in [0.25, 0.3) is 11.4 Å². The third-order valence-electron chi connectivity index (χ3n) is 2.87. The van der Waals surface area contributed by atoms with Crippen molar-refractivity contribution in [2.75, 3.05) is 5.43 Å². The number of nitrogen functional groups attached to an aromatic ring is 1. The van der Waals surface area contributed by atoms with Gasteiger partial charge in [0.25, 0.3) is 0 Å². The first kappa shape index (κ1) is 14.1. The first-order valence-electron chi connectivity index (χ1n) is 5.89. The Kier molecular flexibility index (Phi) is 4.09. The topological polar surface area (TPSA) is 73.1 Å². The molecular formula is C13H14F2N4O. The number of anilines is 1. The van der Waals surface area contributed by atoms with Crippen molar-refractivity contribution in [3.63, 3.8) is 0 Å². The zero-order chi connectivity index (χ0) is 14.7. The van der Waals surface area contributed by atoms with Gasteiger partial charge in [-0.05, 0) is 26.0 Å². The number of rotatable bonds is 4. The van der Waals surface area contributed by atoms with Gasteiger partial charge in [0.15, 0.2) is 5.82 Å². The summed E-state index contributed by atoms with van der Waals surface area (Å²) in [6, 6.07) is 6.35. The fraction of sp³-hybridized carbons (Fsp3) is 0.231. The maximum atomic E-state index is 12.4. The summed E-state index contributed by atoms with van der Waals surface area (Å²) >= 11 is 0. The predicted octanol–water partition coefficient (Wildman–Crippen LogP) is 2.65. The Hall–Kier alpha value is -2.28. The Balaban J connectivity index is 2.54. The molecular weight excluding hydrogens is 266 g/mol. The maximum absolute atomic E-state index is 12.4. The molecule has 0 unspecified atom stereocenters. The van der Waals surface area contributed by atoms with Crippen LogP contribution < -0.4 is 16.0 Å². The summed E-state index contributed by atoms with van der Waals surface area (Å²) in [6.45, 7) is 0.697. The van der Waals surface area contributed by atoms with Crippen molar-refractivity contribution < 1.29 is 13.5 Å². The molecule has 20 heavy (non-hydrogen) atoms. The van der Waals surface area contributed by atoms with Gasteiger partial charge in [-0.3, -0.25) is 0 Å². The fourth-order valence-corrected chi connectivity index (χ4v) is 1.74. The van der Waals surface area contributed by atoms with Gasteiger partial charge >= 0.3 is 6.61 Å². The summed E-state index contributed by atoms with van der Waals surface area (Å²) in [7, 11) is 0. The van der Waals surface area contributed by atoms with Crippen molar-refractivity contribution in [3.05, 3.63) is 35.5 Å². The molecule has 0 amide bonds. The highest BCUT2D eigenvalue weighted by molar-refractivity contribution is 5.66. The molecule has 0 aliphatic carbocycles. The summed E-state index contributed by atoms with van der Waals surface area (Å²) in [5.41, 5.74) is 4.35. The van der Waals surface area contributed by atoms with E-state index in [-0.39, 0.29) is 11.6 Å². The average Bonchev–Trinajstić information content (AvgIpc) is 2.42. The minimum atomic E-state index is -2.91. The van der Waals surface area contributed by atoms with Crippen LogP contribution in [-0.2, 0) is 0 Å². The molecule has 2 rings (SSSR count). The summed E-state index contributed by atoms with van der Waals surface area (Å²) in [4.78, 5) is 8.51. The summed E-state index contributed by atoms with van der Waals surface area (Å²) in [5.74, 6) is 6.13. The minimum absolute atomic E-state index is 0.0220. The predicted molar refractivity (Wildman–Crippen MR) is 71.4 cm³/mol. The smallest absolute Gasteiger partial charge is 0.387 e. The normalized spacial score (nSPS) is 10.7. The van der Waals surface area contributed by atoms with E-state index in [4.69, 9.17) is 5.84 Å².